The van der Waals surface area contributed by atoms with E-state index < -0.39 is 6.61 Å². The summed E-state index contributed by atoms with van der Waals surface area (Å²) in [6, 6.07) is 6.53. The number of aromatic nitrogens is 4. The summed E-state index contributed by atoms with van der Waals surface area (Å²) in [5, 5.41) is 0. The van der Waals surface area contributed by atoms with Crippen molar-refractivity contribution in [1.29, 1.82) is 0 Å². The predicted octanol–water partition coefficient (Wildman–Crippen LogP) is -0.737. The second kappa shape index (κ2) is 8.88. The summed E-state index contributed by atoms with van der Waals surface area (Å²) in [4.78, 5) is 37.5. The molecule has 156 valence electrons. The Morgan fingerprint density at radius 2 is 1.83 bits per heavy atom. The van der Waals surface area contributed by atoms with Gasteiger partial charge in [0.1, 0.15) is 12.5 Å². The Morgan fingerprint density at radius 3 is 2.47 bits per heavy atom. The largest absolute Gasteiger partial charge is 1.00 e. The number of fused-ring (bicyclic) bond motifs is 2. The molecular weight excluding hydrogens is 462 g/mol. The number of ketones is 2. The number of carbonyl (C=O) groups excluding carboxylic acids is 2. The van der Waals surface area contributed by atoms with Crippen LogP contribution in [0.3, 0.4) is 0 Å². The third-order valence-electron chi connectivity index (χ3n) is 4.90. The van der Waals surface area contributed by atoms with E-state index in [9.17, 15) is 18.4 Å². The van der Waals surface area contributed by atoms with Crippen molar-refractivity contribution >= 4 is 11.6 Å². The van der Waals surface area contributed by atoms with E-state index in [0.29, 0.717) is 17.1 Å². The fourth-order valence-corrected chi connectivity index (χ4v) is 3.53. The maximum atomic E-state index is 13.1. The van der Waals surface area contributed by atoms with Gasteiger partial charge in [0.25, 0.3) is 5.82 Å². The number of benzene rings is 1. The molecule has 1 aromatic carbocycles. The lowest BCUT2D eigenvalue weighted by atomic mass is 9.90. The van der Waals surface area contributed by atoms with Crippen LogP contribution in [0.4, 0.5) is 8.78 Å². The highest BCUT2D eigenvalue weighted by atomic mass is 79.9. The van der Waals surface area contributed by atoms with E-state index in [1.54, 1.807) is 30.5 Å². The number of aromatic amines is 1. The normalized spacial score (nSPS) is 13.6. The number of carbonyl (C=O) groups is 2. The van der Waals surface area contributed by atoms with Crippen LogP contribution in [0.15, 0.2) is 42.9 Å². The van der Waals surface area contributed by atoms with Gasteiger partial charge in [-0.1, -0.05) is 24.3 Å². The fourth-order valence-electron chi connectivity index (χ4n) is 3.53. The lowest BCUT2D eigenvalue weighted by Gasteiger charge is -2.13. The predicted molar refractivity (Wildman–Crippen MR) is 95.8 cm³/mol. The molecule has 0 saturated heterocycles. The molecule has 2 aromatic heterocycles. The van der Waals surface area contributed by atoms with E-state index in [0.717, 1.165) is 0 Å². The van der Waals surface area contributed by atoms with E-state index >= 15 is 0 Å². The Morgan fingerprint density at radius 1 is 1.13 bits per heavy atom. The molecule has 0 amide bonds. The molecule has 3 aromatic rings. The number of nitrogens with zero attached hydrogens (tertiary/aromatic N) is 3. The Kier molecular flexibility index (Phi) is 6.47. The highest BCUT2D eigenvalue weighted by molar-refractivity contribution is 6.26. The first-order valence-corrected chi connectivity index (χ1v) is 8.98. The second-order valence-corrected chi connectivity index (χ2v) is 6.57. The Labute approximate surface area is 180 Å². The van der Waals surface area contributed by atoms with Crippen molar-refractivity contribution in [2.75, 3.05) is 6.61 Å². The zero-order valence-electron chi connectivity index (χ0n) is 15.8. The summed E-state index contributed by atoms with van der Waals surface area (Å²) >= 11 is 0. The summed E-state index contributed by atoms with van der Waals surface area (Å²) < 4.78 is 30.9. The highest BCUT2D eigenvalue weighted by Gasteiger charge is 2.42. The molecule has 1 aliphatic rings. The molecule has 1 aliphatic carbocycles. The van der Waals surface area contributed by atoms with Gasteiger partial charge in [0, 0.05) is 29.7 Å². The second-order valence-electron chi connectivity index (χ2n) is 6.57. The minimum atomic E-state index is -2.93. The Hall–Kier alpha value is -2.85. The molecule has 10 heteroatoms. The Bertz CT molecular complexity index is 1090. The van der Waals surface area contributed by atoms with E-state index in [2.05, 4.69) is 19.7 Å². The van der Waals surface area contributed by atoms with Crippen molar-refractivity contribution in [2.24, 2.45) is 0 Å². The van der Waals surface area contributed by atoms with Gasteiger partial charge in [0.05, 0.1) is 12.3 Å². The highest BCUT2D eigenvalue weighted by Crippen LogP contribution is 2.27. The van der Waals surface area contributed by atoms with Crippen molar-refractivity contribution in [3.05, 3.63) is 76.9 Å². The first-order valence-electron chi connectivity index (χ1n) is 8.98. The summed E-state index contributed by atoms with van der Waals surface area (Å²) in [6.45, 7) is -1.45. The van der Waals surface area contributed by atoms with Gasteiger partial charge in [-0.3, -0.25) is 19.6 Å². The molecular formula is C20H17BrF2N4O3. The minimum absolute atomic E-state index is 0. The number of hydrogen-bond donors (Lipinski definition) is 1. The lowest BCUT2D eigenvalue weighted by Crippen LogP contribution is -3.00. The maximum absolute atomic E-state index is 13.1. The number of H-pyrrole nitrogens is 1. The molecule has 0 radical (unpaired) electrons. The van der Waals surface area contributed by atoms with Crippen molar-refractivity contribution < 1.29 is 44.7 Å². The van der Waals surface area contributed by atoms with Gasteiger partial charge < -0.3 is 21.7 Å². The van der Waals surface area contributed by atoms with Crippen LogP contribution < -0.4 is 21.5 Å². The maximum Gasteiger partial charge on any atom is 0.345 e. The fraction of sp³-hybridized carbons (Fsp3) is 0.250. The number of rotatable bonds is 6. The summed E-state index contributed by atoms with van der Waals surface area (Å²) in [5.74, 6) is -0.551. The van der Waals surface area contributed by atoms with E-state index in [-0.39, 0.29) is 64.6 Å². The van der Waals surface area contributed by atoms with E-state index in [1.165, 1.54) is 17.0 Å². The van der Waals surface area contributed by atoms with Crippen molar-refractivity contribution in [3.8, 4) is 0 Å². The zero-order valence-corrected chi connectivity index (χ0v) is 17.4. The van der Waals surface area contributed by atoms with Crippen LogP contribution in [0.25, 0.3) is 0 Å². The van der Waals surface area contributed by atoms with Crippen LogP contribution in [-0.4, -0.2) is 39.7 Å². The number of alkyl halides is 2. The van der Waals surface area contributed by atoms with Gasteiger partial charge in [-0.2, -0.15) is 8.78 Å². The van der Waals surface area contributed by atoms with Gasteiger partial charge in [-0.25, -0.2) is 9.55 Å². The van der Waals surface area contributed by atoms with Crippen LogP contribution >= 0.6 is 0 Å². The smallest absolute Gasteiger partial charge is 0.345 e. The molecule has 2 heterocycles. The molecule has 7 nitrogen and oxygen atoms in total. The number of hydrogen-bond acceptors (Lipinski definition) is 5. The van der Waals surface area contributed by atoms with Crippen LogP contribution in [0, 0.1) is 0 Å². The molecule has 4 rings (SSSR count). The van der Waals surface area contributed by atoms with E-state index in [1.807, 2.05) is 6.92 Å². The molecule has 30 heavy (non-hydrogen) atoms. The third-order valence-corrected chi connectivity index (χ3v) is 4.90. The SMILES string of the molecule is CC(c1cnccn1)c1[nH]c2c([n+]1CCOC(F)F)C(=O)c1ccccc1C2=O.[Br-]. The molecule has 0 fully saturated rings. The van der Waals surface area contributed by atoms with Gasteiger partial charge in [0.15, 0.2) is 0 Å². The average molecular weight is 479 g/mol. The summed E-state index contributed by atoms with van der Waals surface area (Å²) in [7, 11) is 0. The minimum Gasteiger partial charge on any atom is -1.00 e. The monoisotopic (exact) mass is 478 g/mol. The van der Waals surface area contributed by atoms with Crippen molar-refractivity contribution in [1.82, 2.24) is 15.0 Å². The zero-order chi connectivity index (χ0) is 20.5. The molecule has 0 spiro atoms. The van der Waals surface area contributed by atoms with Crippen LogP contribution in [0.2, 0.25) is 0 Å². The van der Waals surface area contributed by atoms with Crippen LogP contribution in [-0.2, 0) is 11.3 Å². The van der Waals surface area contributed by atoms with Crippen molar-refractivity contribution in [2.45, 2.75) is 26.0 Å². The number of halogens is 3. The molecule has 0 saturated carbocycles. The first kappa shape index (κ1) is 21.8. The van der Waals surface area contributed by atoms with E-state index in [4.69, 9.17) is 0 Å². The number of ether oxygens (including phenoxy) is 1. The molecule has 1 N–H and O–H groups in total. The number of nitrogens with one attached hydrogen (secondary N) is 1. The van der Waals surface area contributed by atoms with Crippen LogP contribution in [0.5, 0.6) is 0 Å². The lowest BCUT2D eigenvalue weighted by molar-refractivity contribution is -0.707. The Balaban J connectivity index is 0.00000256. The summed E-state index contributed by atoms with van der Waals surface area (Å²) in [5.41, 5.74) is 1.47. The van der Waals surface area contributed by atoms with Crippen LogP contribution in [0.1, 0.15) is 56.5 Å². The average Bonchev–Trinajstić information content (AvgIpc) is 3.12. The molecule has 1 atom stereocenters. The van der Waals surface area contributed by atoms with Gasteiger partial charge in [-0.15, -0.1) is 0 Å². The number of imidazole rings is 1. The van der Waals surface area contributed by atoms with Gasteiger partial charge in [0.2, 0.25) is 23.0 Å². The summed E-state index contributed by atoms with van der Waals surface area (Å²) in [6.07, 6.45) is 4.64. The standard InChI is InChI=1S/C20H16F2N4O3.BrH/c1-11(14-10-23-6-7-24-14)19-25-15-16(26(19)8-9-29-20(21)22)18(28)13-5-3-2-4-12(13)17(15)27;/h2-7,10-11,20H,8-9H2,1H3;1H. The van der Waals surface area contributed by atoms with Crippen molar-refractivity contribution in [3.63, 3.8) is 0 Å². The van der Waals surface area contributed by atoms with Gasteiger partial charge >= 0.3 is 6.61 Å². The molecule has 0 bridgehead atoms. The first-order chi connectivity index (χ1) is 14.0. The topological polar surface area (TPSA) is 88.8 Å². The molecule has 0 aliphatic heterocycles. The third kappa shape index (κ3) is 3.80. The molecule has 1 unspecified atom stereocenters. The van der Waals surface area contributed by atoms with Gasteiger partial charge in [-0.05, 0) is 6.92 Å². The quantitative estimate of drug-likeness (QED) is 0.369.